The van der Waals surface area contributed by atoms with E-state index in [1.54, 1.807) is 0 Å². The van der Waals surface area contributed by atoms with Crippen molar-refractivity contribution in [3.63, 3.8) is 0 Å². The van der Waals surface area contributed by atoms with E-state index >= 15 is 0 Å². The van der Waals surface area contributed by atoms with Crippen LogP contribution in [0.5, 0.6) is 5.75 Å². The van der Waals surface area contributed by atoms with Gasteiger partial charge in [0.25, 0.3) is 0 Å². The first-order valence-electron chi connectivity index (χ1n) is 7.21. The summed E-state index contributed by atoms with van der Waals surface area (Å²) in [6, 6.07) is 9.08. The molecule has 18 heavy (non-hydrogen) atoms. The summed E-state index contributed by atoms with van der Waals surface area (Å²) < 4.78 is 5.70. The lowest BCUT2D eigenvalue weighted by molar-refractivity contribution is 0.306. The third kappa shape index (κ3) is 6.06. The predicted octanol–water partition coefficient (Wildman–Crippen LogP) is 3.80. The fourth-order valence-electron chi connectivity index (χ4n) is 1.75. The van der Waals surface area contributed by atoms with E-state index in [9.17, 15) is 0 Å². The van der Waals surface area contributed by atoms with Crippen LogP contribution in [0.2, 0.25) is 0 Å². The van der Waals surface area contributed by atoms with Crippen molar-refractivity contribution < 1.29 is 4.74 Å². The van der Waals surface area contributed by atoms with Crippen LogP contribution < -0.4 is 10.1 Å². The Balaban J connectivity index is 2.22. The van der Waals surface area contributed by atoms with Crippen molar-refractivity contribution in [2.24, 2.45) is 0 Å². The molecule has 1 aromatic rings. The zero-order valence-electron chi connectivity index (χ0n) is 12.0. The Morgan fingerprint density at radius 3 is 2.50 bits per heavy atom. The minimum atomic E-state index is 0.574. The van der Waals surface area contributed by atoms with Crippen LogP contribution in [0, 0.1) is 0 Å². The molecule has 0 fully saturated rings. The van der Waals surface area contributed by atoms with E-state index in [0.717, 1.165) is 25.3 Å². The van der Waals surface area contributed by atoms with Crippen LogP contribution in [0.25, 0.3) is 0 Å². The summed E-state index contributed by atoms with van der Waals surface area (Å²) in [7, 11) is 0. The molecule has 0 aliphatic heterocycles. The zero-order chi connectivity index (χ0) is 13.2. The molecule has 1 N–H and O–H groups in total. The monoisotopic (exact) mass is 249 g/mol. The Morgan fingerprint density at radius 2 is 1.89 bits per heavy atom. The summed E-state index contributed by atoms with van der Waals surface area (Å²) >= 11 is 0. The van der Waals surface area contributed by atoms with Gasteiger partial charge < -0.3 is 10.1 Å². The van der Waals surface area contributed by atoms with E-state index in [4.69, 9.17) is 4.74 Å². The van der Waals surface area contributed by atoms with Gasteiger partial charge in [0.15, 0.2) is 0 Å². The smallest absolute Gasteiger partial charge is 0.119 e. The van der Waals surface area contributed by atoms with E-state index in [1.165, 1.54) is 24.8 Å². The summed E-state index contributed by atoms with van der Waals surface area (Å²) in [6.07, 6.45) is 4.84. The highest BCUT2D eigenvalue weighted by Crippen LogP contribution is 2.13. The average molecular weight is 249 g/mol. The molecule has 1 aromatic carbocycles. The molecule has 1 rings (SSSR count). The second kappa shape index (κ2) is 8.98. The fraction of sp³-hybridized carbons (Fsp3) is 0.625. The van der Waals surface area contributed by atoms with Gasteiger partial charge in [0, 0.05) is 12.6 Å². The topological polar surface area (TPSA) is 21.3 Å². The first-order valence-corrected chi connectivity index (χ1v) is 7.21. The van der Waals surface area contributed by atoms with Gasteiger partial charge in [0.05, 0.1) is 0 Å². The SMILES string of the molecule is CCCCc1ccc(OCCNC(C)CC)cc1. The minimum absolute atomic E-state index is 0.574. The Bertz CT molecular complexity index is 307. The number of nitrogens with one attached hydrogen (secondary N) is 1. The van der Waals surface area contributed by atoms with Crippen LogP contribution in [-0.4, -0.2) is 19.2 Å². The molecule has 0 saturated heterocycles. The highest BCUT2D eigenvalue weighted by atomic mass is 16.5. The third-order valence-corrected chi connectivity index (χ3v) is 3.22. The molecule has 0 amide bonds. The Morgan fingerprint density at radius 1 is 1.17 bits per heavy atom. The van der Waals surface area contributed by atoms with E-state index in [2.05, 4.69) is 50.4 Å². The number of unbranched alkanes of at least 4 members (excludes halogenated alkanes) is 1. The number of hydrogen-bond donors (Lipinski definition) is 1. The lowest BCUT2D eigenvalue weighted by atomic mass is 10.1. The molecule has 0 bridgehead atoms. The molecule has 2 nitrogen and oxygen atoms in total. The first-order chi connectivity index (χ1) is 8.76. The van der Waals surface area contributed by atoms with Crippen molar-refractivity contribution >= 4 is 0 Å². The molecule has 0 aliphatic rings. The zero-order valence-corrected chi connectivity index (χ0v) is 12.0. The van der Waals surface area contributed by atoms with Gasteiger partial charge in [-0.15, -0.1) is 0 Å². The summed E-state index contributed by atoms with van der Waals surface area (Å²) in [5, 5.41) is 3.42. The van der Waals surface area contributed by atoms with E-state index < -0.39 is 0 Å². The van der Waals surface area contributed by atoms with Gasteiger partial charge in [0.2, 0.25) is 0 Å². The van der Waals surface area contributed by atoms with Gasteiger partial charge in [0.1, 0.15) is 12.4 Å². The van der Waals surface area contributed by atoms with Gasteiger partial charge in [-0.2, -0.15) is 0 Å². The average Bonchev–Trinajstić information content (AvgIpc) is 2.42. The number of benzene rings is 1. The maximum Gasteiger partial charge on any atom is 0.119 e. The molecule has 1 atom stereocenters. The maximum absolute atomic E-state index is 5.70. The van der Waals surface area contributed by atoms with Gasteiger partial charge in [-0.1, -0.05) is 32.4 Å². The van der Waals surface area contributed by atoms with Crippen molar-refractivity contribution in [3.05, 3.63) is 29.8 Å². The molecular formula is C16H27NO. The molecule has 0 spiro atoms. The number of aryl methyl sites for hydroxylation is 1. The highest BCUT2D eigenvalue weighted by Gasteiger charge is 1.98. The van der Waals surface area contributed by atoms with Gasteiger partial charge in [-0.25, -0.2) is 0 Å². The predicted molar refractivity (Wildman–Crippen MR) is 78.3 cm³/mol. The summed E-state index contributed by atoms with van der Waals surface area (Å²) in [5.41, 5.74) is 1.40. The second-order valence-corrected chi connectivity index (χ2v) is 4.86. The number of ether oxygens (including phenoxy) is 1. The standard InChI is InChI=1S/C16H27NO/c1-4-6-7-15-8-10-16(11-9-15)18-13-12-17-14(3)5-2/h8-11,14,17H,4-7,12-13H2,1-3H3. The molecule has 0 aliphatic carbocycles. The normalized spacial score (nSPS) is 12.4. The third-order valence-electron chi connectivity index (χ3n) is 3.22. The second-order valence-electron chi connectivity index (χ2n) is 4.86. The van der Waals surface area contributed by atoms with Crippen molar-refractivity contribution in [1.82, 2.24) is 5.32 Å². The fourth-order valence-corrected chi connectivity index (χ4v) is 1.75. The van der Waals surface area contributed by atoms with E-state index in [0.29, 0.717) is 6.04 Å². The molecule has 0 heterocycles. The van der Waals surface area contributed by atoms with Gasteiger partial charge in [-0.3, -0.25) is 0 Å². The van der Waals surface area contributed by atoms with Crippen LogP contribution in [0.4, 0.5) is 0 Å². The number of rotatable bonds is 9. The Hall–Kier alpha value is -1.02. The number of hydrogen-bond acceptors (Lipinski definition) is 2. The van der Waals surface area contributed by atoms with Crippen LogP contribution in [0.3, 0.4) is 0 Å². The molecule has 2 heteroatoms. The largest absolute Gasteiger partial charge is 0.492 e. The molecule has 0 saturated carbocycles. The van der Waals surface area contributed by atoms with Crippen LogP contribution in [0.15, 0.2) is 24.3 Å². The maximum atomic E-state index is 5.70. The van der Waals surface area contributed by atoms with Crippen LogP contribution in [0.1, 0.15) is 45.6 Å². The highest BCUT2D eigenvalue weighted by molar-refractivity contribution is 5.27. The van der Waals surface area contributed by atoms with Crippen molar-refractivity contribution in [3.8, 4) is 5.75 Å². The van der Waals surface area contributed by atoms with Crippen molar-refractivity contribution in [2.45, 2.75) is 52.5 Å². The summed E-state index contributed by atoms with van der Waals surface area (Å²) in [5.74, 6) is 0.973. The van der Waals surface area contributed by atoms with Gasteiger partial charge in [-0.05, 0) is 43.9 Å². The molecule has 0 radical (unpaired) electrons. The van der Waals surface area contributed by atoms with Crippen LogP contribution >= 0.6 is 0 Å². The van der Waals surface area contributed by atoms with Crippen molar-refractivity contribution in [1.29, 1.82) is 0 Å². The molecular weight excluding hydrogens is 222 g/mol. The minimum Gasteiger partial charge on any atom is -0.492 e. The first kappa shape index (κ1) is 15.0. The van der Waals surface area contributed by atoms with E-state index in [1.807, 2.05) is 0 Å². The lowest BCUT2D eigenvalue weighted by Gasteiger charge is -2.12. The molecule has 0 aromatic heterocycles. The lowest BCUT2D eigenvalue weighted by Crippen LogP contribution is -2.29. The summed E-state index contributed by atoms with van der Waals surface area (Å²) in [4.78, 5) is 0. The van der Waals surface area contributed by atoms with Crippen molar-refractivity contribution in [2.75, 3.05) is 13.2 Å². The quantitative estimate of drug-likeness (QED) is 0.672. The van der Waals surface area contributed by atoms with Gasteiger partial charge >= 0.3 is 0 Å². The Labute approximate surface area is 112 Å². The Kier molecular flexibility index (Phi) is 7.51. The van der Waals surface area contributed by atoms with E-state index in [-0.39, 0.29) is 0 Å². The summed E-state index contributed by atoms with van der Waals surface area (Å²) in [6.45, 7) is 8.25. The molecule has 102 valence electrons. The molecule has 1 unspecified atom stereocenters. The van der Waals surface area contributed by atoms with Crippen LogP contribution in [-0.2, 0) is 6.42 Å².